The smallest absolute Gasteiger partial charge is 0.305 e. The van der Waals surface area contributed by atoms with Crippen molar-refractivity contribution in [1.29, 1.82) is 0 Å². The van der Waals surface area contributed by atoms with Gasteiger partial charge in [0.25, 0.3) is 5.91 Å². The normalized spacial score (nSPS) is 15.4. The molecule has 8 nitrogen and oxygen atoms in total. The molecule has 1 unspecified atom stereocenters. The Morgan fingerprint density at radius 2 is 1.78 bits per heavy atom. The molecule has 198 valence electrons. The molecule has 2 aromatic heterocycles. The fourth-order valence-corrected chi connectivity index (χ4v) is 5.14. The van der Waals surface area contributed by atoms with Crippen LogP contribution in [0, 0.1) is 5.92 Å². The van der Waals surface area contributed by atoms with Gasteiger partial charge in [-0.2, -0.15) is 0 Å². The number of hydrogen-bond acceptors (Lipinski definition) is 5. The van der Waals surface area contributed by atoms with E-state index in [2.05, 4.69) is 43.5 Å². The van der Waals surface area contributed by atoms with Gasteiger partial charge >= 0.3 is 5.97 Å². The first kappa shape index (κ1) is 26.5. The highest BCUT2D eigenvalue weighted by molar-refractivity contribution is 6.01. The van der Waals surface area contributed by atoms with E-state index in [-0.39, 0.29) is 23.8 Å². The lowest BCUT2D eigenvalue weighted by molar-refractivity contribution is -0.137. The molecule has 0 saturated heterocycles. The number of fused-ring (bicyclic) bond motifs is 1. The molecule has 1 fully saturated rings. The molecule has 0 aliphatic heterocycles. The molecule has 3 N–H and O–H groups in total. The minimum Gasteiger partial charge on any atom is -0.481 e. The molecule has 2 heterocycles. The highest BCUT2D eigenvalue weighted by Crippen LogP contribution is 2.33. The molecular formula is C29H39N5O3. The molecule has 1 amide bonds. The Kier molecular flexibility index (Phi) is 7.76. The summed E-state index contributed by atoms with van der Waals surface area (Å²) in [4.78, 5) is 32.2. The number of nitrogens with one attached hydrogen (secondary N) is 2. The van der Waals surface area contributed by atoms with Gasteiger partial charge < -0.3 is 20.6 Å². The van der Waals surface area contributed by atoms with Gasteiger partial charge in [0.2, 0.25) is 0 Å². The summed E-state index contributed by atoms with van der Waals surface area (Å²) in [5, 5.41) is 16.2. The largest absolute Gasteiger partial charge is 0.481 e. The van der Waals surface area contributed by atoms with Crippen LogP contribution in [-0.2, 0) is 4.79 Å². The third kappa shape index (κ3) is 6.24. The van der Waals surface area contributed by atoms with E-state index in [1.54, 1.807) is 6.07 Å². The molecule has 37 heavy (non-hydrogen) atoms. The van der Waals surface area contributed by atoms with Crippen molar-refractivity contribution in [2.45, 2.75) is 70.9 Å². The van der Waals surface area contributed by atoms with E-state index in [0.717, 1.165) is 48.4 Å². The van der Waals surface area contributed by atoms with Crippen LogP contribution in [0.5, 0.6) is 0 Å². The van der Waals surface area contributed by atoms with Crippen molar-refractivity contribution in [3.05, 3.63) is 48.2 Å². The predicted molar refractivity (Wildman–Crippen MR) is 148 cm³/mol. The van der Waals surface area contributed by atoms with Crippen LogP contribution in [0.1, 0.15) is 69.7 Å². The quantitative estimate of drug-likeness (QED) is 0.378. The zero-order valence-electron chi connectivity index (χ0n) is 22.5. The maximum Gasteiger partial charge on any atom is 0.305 e. The van der Waals surface area contributed by atoms with Crippen molar-refractivity contribution < 1.29 is 14.7 Å². The summed E-state index contributed by atoms with van der Waals surface area (Å²) >= 11 is 0. The highest BCUT2D eigenvalue weighted by Gasteiger charge is 2.29. The monoisotopic (exact) mass is 505 g/mol. The van der Waals surface area contributed by atoms with E-state index in [1.807, 2.05) is 47.8 Å². The number of aliphatic carboxylic acids is 1. The minimum atomic E-state index is -0.894. The van der Waals surface area contributed by atoms with E-state index >= 15 is 0 Å². The first-order chi connectivity index (χ1) is 17.5. The maximum absolute atomic E-state index is 13.6. The Hall–Kier alpha value is -3.55. The topological polar surface area (TPSA) is 99.0 Å². The predicted octanol–water partition coefficient (Wildman–Crippen LogP) is 5.43. The van der Waals surface area contributed by atoms with Gasteiger partial charge in [0, 0.05) is 43.1 Å². The van der Waals surface area contributed by atoms with Crippen LogP contribution in [0.2, 0.25) is 0 Å². The molecule has 1 atom stereocenters. The van der Waals surface area contributed by atoms with Gasteiger partial charge in [-0.15, -0.1) is 0 Å². The third-order valence-electron chi connectivity index (χ3n) is 6.98. The number of imidazole rings is 1. The number of amides is 1. The average molecular weight is 506 g/mol. The second kappa shape index (κ2) is 10.8. The SMILES string of the molecule is CN(C)c1ccc(-c2nc3c(C(=O)NC(CC(=O)O)C4CCCCC4)cccn3c2NC(C)(C)C)cc1. The van der Waals surface area contributed by atoms with E-state index in [0.29, 0.717) is 11.2 Å². The molecule has 0 radical (unpaired) electrons. The van der Waals surface area contributed by atoms with Crippen LogP contribution in [-0.4, -0.2) is 52.0 Å². The van der Waals surface area contributed by atoms with Gasteiger partial charge in [-0.1, -0.05) is 31.4 Å². The summed E-state index contributed by atoms with van der Waals surface area (Å²) in [5.74, 6) is -0.194. The zero-order chi connectivity index (χ0) is 26.7. The highest BCUT2D eigenvalue weighted by atomic mass is 16.4. The van der Waals surface area contributed by atoms with Gasteiger partial charge in [0.1, 0.15) is 11.5 Å². The van der Waals surface area contributed by atoms with Gasteiger partial charge in [-0.05, 0) is 63.8 Å². The van der Waals surface area contributed by atoms with Crippen LogP contribution in [0.25, 0.3) is 16.9 Å². The minimum absolute atomic E-state index is 0.0751. The van der Waals surface area contributed by atoms with Crippen molar-refractivity contribution in [3.8, 4) is 11.3 Å². The first-order valence-corrected chi connectivity index (χ1v) is 13.1. The second-order valence-electron chi connectivity index (χ2n) is 11.3. The van der Waals surface area contributed by atoms with Crippen LogP contribution >= 0.6 is 0 Å². The number of benzene rings is 1. The molecule has 1 aliphatic carbocycles. The number of aromatic nitrogens is 2. The molecular weight excluding hydrogens is 466 g/mol. The molecule has 8 heteroatoms. The van der Waals surface area contributed by atoms with Crippen molar-refractivity contribution in [2.75, 3.05) is 24.3 Å². The summed E-state index contributed by atoms with van der Waals surface area (Å²) in [6, 6.07) is 11.4. The number of nitrogens with zero attached hydrogens (tertiary/aromatic N) is 3. The fraction of sp³-hybridized carbons (Fsp3) is 0.483. The molecule has 1 saturated carbocycles. The second-order valence-corrected chi connectivity index (χ2v) is 11.3. The van der Waals surface area contributed by atoms with Crippen molar-refractivity contribution >= 4 is 29.0 Å². The molecule has 1 aliphatic rings. The van der Waals surface area contributed by atoms with E-state index in [9.17, 15) is 14.7 Å². The first-order valence-electron chi connectivity index (χ1n) is 13.1. The summed E-state index contributed by atoms with van der Waals surface area (Å²) in [5.41, 5.74) is 3.52. The summed E-state index contributed by atoms with van der Waals surface area (Å²) in [6.45, 7) is 6.26. The van der Waals surface area contributed by atoms with Crippen molar-refractivity contribution in [1.82, 2.24) is 14.7 Å². The molecule has 1 aromatic carbocycles. The number of carboxylic acid groups (broad SMARTS) is 1. The maximum atomic E-state index is 13.6. The Bertz CT molecular complexity index is 1250. The van der Waals surface area contributed by atoms with Crippen molar-refractivity contribution in [3.63, 3.8) is 0 Å². The van der Waals surface area contributed by atoms with Crippen molar-refractivity contribution in [2.24, 2.45) is 5.92 Å². The van der Waals surface area contributed by atoms with Crippen LogP contribution < -0.4 is 15.5 Å². The lowest BCUT2D eigenvalue weighted by Gasteiger charge is -2.30. The Labute approximate surface area is 219 Å². The standard InChI is InChI=1S/C29H39N5O3/c1-29(2,3)32-27-25(20-13-15-21(16-14-20)33(4)5)31-26-22(12-9-17-34(26)27)28(37)30-23(18-24(35)36)19-10-7-6-8-11-19/h9,12-17,19,23,32H,6-8,10-11,18H2,1-5H3,(H,30,37)(H,35,36). The van der Waals surface area contributed by atoms with E-state index in [1.165, 1.54) is 6.42 Å². The lowest BCUT2D eigenvalue weighted by Crippen LogP contribution is -2.42. The van der Waals surface area contributed by atoms with Gasteiger partial charge in [-0.3, -0.25) is 14.0 Å². The zero-order valence-corrected chi connectivity index (χ0v) is 22.5. The summed E-state index contributed by atoms with van der Waals surface area (Å²) in [6.07, 6.45) is 7.03. The Balaban J connectivity index is 1.74. The van der Waals surface area contributed by atoms with Gasteiger partial charge in [-0.25, -0.2) is 4.98 Å². The van der Waals surface area contributed by atoms with E-state index < -0.39 is 12.0 Å². The number of anilines is 2. The number of carbonyl (C=O) groups excluding carboxylic acids is 1. The number of carbonyl (C=O) groups is 2. The molecule has 3 aromatic rings. The number of pyridine rings is 1. The fourth-order valence-electron chi connectivity index (χ4n) is 5.14. The number of rotatable bonds is 8. The van der Waals surface area contributed by atoms with Gasteiger partial charge in [0.05, 0.1) is 12.0 Å². The lowest BCUT2D eigenvalue weighted by atomic mass is 9.82. The molecule has 4 rings (SSSR count). The van der Waals surface area contributed by atoms with Gasteiger partial charge in [0.15, 0.2) is 5.65 Å². The number of hydrogen-bond donors (Lipinski definition) is 3. The van der Waals surface area contributed by atoms with Crippen LogP contribution in [0.4, 0.5) is 11.5 Å². The van der Waals surface area contributed by atoms with Crippen LogP contribution in [0.3, 0.4) is 0 Å². The van der Waals surface area contributed by atoms with E-state index in [4.69, 9.17) is 4.98 Å². The summed E-state index contributed by atoms with van der Waals surface area (Å²) in [7, 11) is 4.00. The van der Waals surface area contributed by atoms with Crippen LogP contribution in [0.15, 0.2) is 42.6 Å². The number of carboxylic acids is 1. The average Bonchev–Trinajstić information content (AvgIpc) is 3.20. The molecule has 0 spiro atoms. The summed E-state index contributed by atoms with van der Waals surface area (Å²) < 4.78 is 1.92. The molecule has 0 bridgehead atoms. The Morgan fingerprint density at radius 1 is 1.11 bits per heavy atom. The Morgan fingerprint density at radius 3 is 2.38 bits per heavy atom. The third-order valence-corrected chi connectivity index (χ3v) is 6.98.